The van der Waals surface area contributed by atoms with Gasteiger partial charge in [0.2, 0.25) is 5.91 Å². The van der Waals surface area contributed by atoms with Gasteiger partial charge in [-0.25, -0.2) is 8.42 Å². The van der Waals surface area contributed by atoms with Crippen LogP contribution in [0.4, 0.5) is 0 Å². The number of amidine groups is 1. The molecule has 1 aromatic heterocycles. The largest absolute Gasteiger partial charge is 0.459 e. The van der Waals surface area contributed by atoms with Gasteiger partial charge >= 0.3 is 0 Å². The summed E-state index contributed by atoms with van der Waals surface area (Å²) in [5, 5.41) is 0. The molecule has 0 spiro atoms. The Balaban J connectivity index is 1.49. The molecule has 11 heteroatoms. The lowest BCUT2D eigenvalue weighted by atomic mass is 10.1. The van der Waals surface area contributed by atoms with Crippen LogP contribution in [0.15, 0.2) is 57.0 Å². The molecular weight excluding hydrogens is 452 g/mol. The normalized spacial score (nSPS) is 19.5. The lowest BCUT2D eigenvalue weighted by Crippen LogP contribution is -2.52. The zero-order valence-electron chi connectivity index (χ0n) is 17.6. The zero-order valence-corrected chi connectivity index (χ0v) is 19.2. The fourth-order valence-corrected chi connectivity index (χ4v) is 5.45. The minimum atomic E-state index is -3.67. The predicted octanol–water partition coefficient (Wildman–Crippen LogP) is 1.42. The van der Waals surface area contributed by atoms with Crippen LogP contribution in [0.25, 0.3) is 0 Å². The molecule has 0 saturated carbocycles. The van der Waals surface area contributed by atoms with Crippen molar-refractivity contribution in [2.24, 2.45) is 4.99 Å². The summed E-state index contributed by atoms with van der Waals surface area (Å²) < 4.78 is 32.4. The maximum Gasteiger partial charge on any atom is 0.289 e. The van der Waals surface area contributed by atoms with Crippen molar-refractivity contribution in [1.82, 2.24) is 14.5 Å². The van der Waals surface area contributed by atoms with Gasteiger partial charge < -0.3 is 14.2 Å². The molecule has 1 aromatic carbocycles. The molecule has 4 rings (SSSR count). The summed E-state index contributed by atoms with van der Waals surface area (Å²) in [6.45, 7) is 1.56. The first-order valence-corrected chi connectivity index (χ1v) is 13.1. The Bertz CT molecular complexity index is 1120. The zero-order chi connectivity index (χ0) is 22.7. The van der Waals surface area contributed by atoms with Crippen molar-refractivity contribution in [2.75, 3.05) is 38.2 Å². The maximum absolute atomic E-state index is 13.3. The van der Waals surface area contributed by atoms with Gasteiger partial charge in [-0.2, -0.15) is 11.8 Å². The summed E-state index contributed by atoms with van der Waals surface area (Å²) in [5.74, 6) is 0.824. The third-order valence-electron chi connectivity index (χ3n) is 5.44. The molecule has 0 radical (unpaired) electrons. The van der Waals surface area contributed by atoms with E-state index in [0.29, 0.717) is 43.9 Å². The molecule has 0 aliphatic carbocycles. The standard InChI is InChI=1S/C21H24N4O5S2/c1-31-14-8-16(22-19-15-5-2-3-7-18(15)32(28,29)23-19)20(26)24-9-11-25(12-10-24)21(27)17-6-4-13-30-17/h2-7,13,16H,8-12,14H2,1H3,(H,22,23)/t16-/m0/s1. The number of hydrogen-bond donors (Lipinski definition) is 1. The number of rotatable bonds is 6. The summed E-state index contributed by atoms with van der Waals surface area (Å²) in [4.78, 5) is 33.8. The SMILES string of the molecule is CSCC[C@H](N=C1NS(=O)(=O)c2ccccc21)C(=O)N1CCN(C(=O)c2ccco2)CC1. The Morgan fingerprint density at radius 2 is 1.84 bits per heavy atom. The second kappa shape index (κ2) is 9.37. The van der Waals surface area contributed by atoms with Crippen LogP contribution in [0.2, 0.25) is 0 Å². The van der Waals surface area contributed by atoms with Crippen molar-refractivity contribution in [2.45, 2.75) is 17.4 Å². The van der Waals surface area contributed by atoms with Gasteiger partial charge in [-0.3, -0.25) is 19.3 Å². The minimum Gasteiger partial charge on any atom is -0.459 e. The maximum atomic E-state index is 13.3. The molecule has 9 nitrogen and oxygen atoms in total. The minimum absolute atomic E-state index is 0.166. The Hall–Kier alpha value is -2.79. The monoisotopic (exact) mass is 476 g/mol. The number of nitrogens with one attached hydrogen (secondary N) is 1. The molecule has 170 valence electrons. The Labute approximate surface area is 190 Å². The topological polar surface area (TPSA) is 112 Å². The molecule has 1 saturated heterocycles. The number of carbonyl (C=O) groups excluding carboxylic acids is 2. The number of thioether (sulfide) groups is 1. The molecule has 32 heavy (non-hydrogen) atoms. The van der Waals surface area contributed by atoms with Crippen LogP contribution in [-0.2, 0) is 14.8 Å². The number of benzene rings is 1. The number of aliphatic imine (C=N–C) groups is 1. The Morgan fingerprint density at radius 3 is 2.53 bits per heavy atom. The molecule has 2 aliphatic heterocycles. The summed E-state index contributed by atoms with van der Waals surface area (Å²) in [7, 11) is -3.67. The van der Waals surface area contributed by atoms with E-state index in [9.17, 15) is 18.0 Å². The number of amides is 2. The van der Waals surface area contributed by atoms with Crippen molar-refractivity contribution in [3.8, 4) is 0 Å². The van der Waals surface area contributed by atoms with Gasteiger partial charge in [-0.15, -0.1) is 0 Å². The van der Waals surface area contributed by atoms with E-state index in [2.05, 4.69) is 9.71 Å². The lowest BCUT2D eigenvalue weighted by molar-refractivity contribution is -0.134. The van der Waals surface area contributed by atoms with Gasteiger partial charge in [0.1, 0.15) is 11.9 Å². The van der Waals surface area contributed by atoms with Gasteiger partial charge in [0.25, 0.3) is 15.9 Å². The van der Waals surface area contributed by atoms with Crippen LogP contribution in [0.3, 0.4) is 0 Å². The highest BCUT2D eigenvalue weighted by Gasteiger charge is 2.34. The average molecular weight is 477 g/mol. The highest BCUT2D eigenvalue weighted by atomic mass is 32.2. The first kappa shape index (κ1) is 22.4. The van der Waals surface area contributed by atoms with E-state index in [0.717, 1.165) is 0 Å². The number of carbonyl (C=O) groups is 2. The number of hydrogen-bond acceptors (Lipinski definition) is 7. The fourth-order valence-electron chi connectivity index (χ4n) is 3.76. The number of piperazine rings is 1. The molecule has 2 aromatic rings. The van der Waals surface area contributed by atoms with E-state index in [1.54, 1.807) is 51.9 Å². The Morgan fingerprint density at radius 1 is 1.12 bits per heavy atom. The summed E-state index contributed by atoms with van der Waals surface area (Å²) in [6.07, 6.45) is 3.89. The highest BCUT2D eigenvalue weighted by Crippen LogP contribution is 2.23. The summed E-state index contributed by atoms with van der Waals surface area (Å²) >= 11 is 1.60. The number of fused-ring (bicyclic) bond motifs is 1. The van der Waals surface area contributed by atoms with E-state index < -0.39 is 16.1 Å². The fraction of sp³-hybridized carbons (Fsp3) is 0.381. The molecule has 2 amide bonds. The van der Waals surface area contributed by atoms with Gasteiger partial charge in [-0.1, -0.05) is 12.1 Å². The third-order valence-corrected chi connectivity index (χ3v) is 7.48. The van der Waals surface area contributed by atoms with Crippen molar-refractivity contribution in [3.05, 3.63) is 54.0 Å². The molecule has 2 aliphatic rings. The first-order valence-electron chi connectivity index (χ1n) is 10.2. The van der Waals surface area contributed by atoms with E-state index in [1.807, 2.05) is 6.26 Å². The highest BCUT2D eigenvalue weighted by molar-refractivity contribution is 7.98. The van der Waals surface area contributed by atoms with Crippen LogP contribution >= 0.6 is 11.8 Å². The van der Waals surface area contributed by atoms with Gasteiger partial charge in [-0.05, 0) is 42.7 Å². The van der Waals surface area contributed by atoms with Crippen LogP contribution in [0.5, 0.6) is 0 Å². The van der Waals surface area contributed by atoms with E-state index in [4.69, 9.17) is 4.42 Å². The Kier molecular flexibility index (Phi) is 6.56. The number of furan rings is 1. The molecule has 1 atom stereocenters. The molecule has 1 N–H and O–H groups in total. The van der Waals surface area contributed by atoms with Gasteiger partial charge in [0.05, 0.1) is 11.2 Å². The van der Waals surface area contributed by atoms with Crippen molar-refractivity contribution in [3.63, 3.8) is 0 Å². The molecular formula is C21H24N4O5S2. The summed E-state index contributed by atoms with van der Waals surface area (Å²) in [6, 6.07) is 9.17. The van der Waals surface area contributed by atoms with E-state index >= 15 is 0 Å². The van der Waals surface area contributed by atoms with E-state index in [1.165, 1.54) is 12.3 Å². The van der Waals surface area contributed by atoms with Crippen LogP contribution in [0.1, 0.15) is 22.5 Å². The number of nitrogens with zero attached hydrogens (tertiary/aromatic N) is 3. The van der Waals surface area contributed by atoms with Crippen LogP contribution in [-0.4, -0.2) is 80.1 Å². The second-order valence-corrected chi connectivity index (χ2v) is 10.1. The third kappa shape index (κ3) is 4.53. The van der Waals surface area contributed by atoms with E-state index in [-0.39, 0.29) is 28.3 Å². The first-order chi connectivity index (χ1) is 15.4. The lowest BCUT2D eigenvalue weighted by Gasteiger charge is -2.35. The van der Waals surface area contributed by atoms with Crippen molar-refractivity contribution in [1.29, 1.82) is 0 Å². The quantitative estimate of drug-likeness (QED) is 0.675. The predicted molar refractivity (Wildman–Crippen MR) is 121 cm³/mol. The second-order valence-electron chi connectivity index (χ2n) is 7.47. The summed E-state index contributed by atoms with van der Waals surface area (Å²) in [5.41, 5.74) is 0.475. The van der Waals surface area contributed by atoms with Crippen molar-refractivity contribution >= 4 is 39.4 Å². The molecule has 3 heterocycles. The number of sulfonamides is 1. The smallest absolute Gasteiger partial charge is 0.289 e. The van der Waals surface area contributed by atoms with Gasteiger partial charge in [0.15, 0.2) is 5.76 Å². The molecule has 0 bridgehead atoms. The van der Waals surface area contributed by atoms with Crippen LogP contribution < -0.4 is 4.72 Å². The molecule has 0 unspecified atom stereocenters. The average Bonchev–Trinajstić information content (AvgIpc) is 3.43. The molecule has 1 fully saturated rings. The van der Waals surface area contributed by atoms with Crippen LogP contribution in [0, 0.1) is 0 Å². The van der Waals surface area contributed by atoms with Gasteiger partial charge in [0, 0.05) is 31.7 Å². The van der Waals surface area contributed by atoms with Crippen molar-refractivity contribution < 1.29 is 22.4 Å².